The molecule has 2 unspecified atom stereocenters. The van der Waals surface area contributed by atoms with Crippen molar-refractivity contribution in [3.63, 3.8) is 0 Å². The molecule has 94 valence electrons. The molecule has 0 radical (unpaired) electrons. The van der Waals surface area contributed by atoms with E-state index in [1.807, 2.05) is 6.92 Å². The summed E-state index contributed by atoms with van der Waals surface area (Å²) in [6, 6.07) is -0.119. The van der Waals surface area contributed by atoms with Gasteiger partial charge in [0.15, 0.2) is 0 Å². The highest BCUT2D eigenvalue weighted by molar-refractivity contribution is 5.86. The summed E-state index contributed by atoms with van der Waals surface area (Å²) < 4.78 is 0. The van der Waals surface area contributed by atoms with Gasteiger partial charge in [-0.05, 0) is 38.6 Å². The van der Waals surface area contributed by atoms with E-state index in [9.17, 15) is 9.90 Å². The number of hydrogen-bond donors (Lipinski definition) is 3. The molecule has 1 saturated heterocycles. The highest BCUT2D eigenvalue weighted by Gasteiger charge is 2.36. The number of rotatable bonds is 5. The maximum Gasteiger partial charge on any atom is 0.240 e. The fraction of sp³-hybridized carbons (Fsp3) is 0.917. The highest BCUT2D eigenvalue weighted by Crippen LogP contribution is 2.19. The van der Waals surface area contributed by atoms with Crippen molar-refractivity contribution in [2.24, 2.45) is 5.92 Å². The van der Waals surface area contributed by atoms with E-state index in [1.54, 1.807) is 0 Å². The molecule has 0 saturated carbocycles. The average molecular weight is 228 g/mol. The number of carbonyl (C=O) groups excluding carboxylic acids is 1. The van der Waals surface area contributed by atoms with Gasteiger partial charge in [-0.25, -0.2) is 0 Å². The number of nitrogens with one attached hydrogen (secondary N) is 2. The van der Waals surface area contributed by atoms with Crippen LogP contribution in [0.2, 0.25) is 0 Å². The number of hydrogen-bond acceptors (Lipinski definition) is 3. The normalized spacial score (nSPS) is 27.1. The Kier molecular flexibility index (Phi) is 4.74. The predicted molar refractivity (Wildman–Crippen MR) is 64.1 cm³/mol. The van der Waals surface area contributed by atoms with Crippen LogP contribution < -0.4 is 10.6 Å². The standard InChI is InChI=1S/C12H24N2O2/c1-9(2)7-10(8-15)14-11(16)12(3)5-4-6-13-12/h9-10,13,15H,4-8H2,1-3H3,(H,14,16). The Morgan fingerprint density at radius 3 is 2.69 bits per heavy atom. The molecule has 1 heterocycles. The van der Waals surface area contributed by atoms with Crippen LogP contribution in [0.1, 0.15) is 40.0 Å². The number of aliphatic hydroxyl groups excluding tert-OH is 1. The molecule has 0 aromatic rings. The molecule has 4 heteroatoms. The summed E-state index contributed by atoms with van der Waals surface area (Å²) in [5, 5.41) is 15.4. The van der Waals surface area contributed by atoms with E-state index >= 15 is 0 Å². The fourth-order valence-electron chi connectivity index (χ4n) is 2.18. The maximum atomic E-state index is 12.0. The van der Waals surface area contributed by atoms with Gasteiger partial charge >= 0.3 is 0 Å². The Morgan fingerprint density at radius 2 is 2.25 bits per heavy atom. The summed E-state index contributed by atoms with van der Waals surface area (Å²) >= 11 is 0. The van der Waals surface area contributed by atoms with Gasteiger partial charge in [-0.3, -0.25) is 4.79 Å². The number of carbonyl (C=O) groups is 1. The second-order valence-corrected chi connectivity index (χ2v) is 5.34. The van der Waals surface area contributed by atoms with Crippen molar-refractivity contribution in [1.29, 1.82) is 0 Å². The van der Waals surface area contributed by atoms with E-state index in [4.69, 9.17) is 0 Å². The van der Waals surface area contributed by atoms with Gasteiger partial charge in [0.05, 0.1) is 18.2 Å². The third-order valence-electron chi connectivity index (χ3n) is 3.18. The van der Waals surface area contributed by atoms with Crippen molar-refractivity contribution in [2.75, 3.05) is 13.2 Å². The van der Waals surface area contributed by atoms with Gasteiger partial charge in [-0.2, -0.15) is 0 Å². The zero-order valence-corrected chi connectivity index (χ0v) is 10.5. The van der Waals surface area contributed by atoms with Crippen molar-refractivity contribution >= 4 is 5.91 Å². The van der Waals surface area contributed by atoms with Crippen LogP contribution in [0.3, 0.4) is 0 Å². The summed E-state index contributed by atoms with van der Waals surface area (Å²) in [5.41, 5.74) is -0.440. The smallest absolute Gasteiger partial charge is 0.240 e. The van der Waals surface area contributed by atoms with Crippen molar-refractivity contribution in [2.45, 2.75) is 51.6 Å². The topological polar surface area (TPSA) is 61.4 Å². The first-order valence-electron chi connectivity index (χ1n) is 6.15. The van der Waals surface area contributed by atoms with E-state index in [0.717, 1.165) is 25.8 Å². The van der Waals surface area contributed by atoms with Crippen LogP contribution in [0.15, 0.2) is 0 Å². The summed E-state index contributed by atoms with van der Waals surface area (Å²) in [7, 11) is 0. The zero-order chi connectivity index (χ0) is 12.2. The monoisotopic (exact) mass is 228 g/mol. The Morgan fingerprint density at radius 1 is 1.56 bits per heavy atom. The molecule has 3 N–H and O–H groups in total. The van der Waals surface area contributed by atoms with Gasteiger partial charge in [-0.15, -0.1) is 0 Å². The lowest BCUT2D eigenvalue weighted by molar-refractivity contribution is -0.127. The summed E-state index contributed by atoms with van der Waals surface area (Å²) in [4.78, 5) is 12.0. The second kappa shape index (κ2) is 5.64. The van der Waals surface area contributed by atoms with Gasteiger partial charge in [0, 0.05) is 0 Å². The molecule has 1 aliphatic rings. The van der Waals surface area contributed by atoms with Crippen molar-refractivity contribution in [3.05, 3.63) is 0 Å². The highest BCUT2D eigenvalue weighted by atomic mass is 16.3. The van der Waals surface area contributed by atoms with E-state index < -0.39 is 5.54 Å². The minimum absolute atomic E-state index is 0.0139. The van der Waals surface area contributed by atoms with Crippen molar-refractivity contribution < 1.29 is 9.90 Å². The quantitative estimate of drug-likeness (QED) is 0.647. The molecule has 16 heavy (non-hydrogen) atoms. The molecule has 0 bridgehead atoms. The molecule has 4 nitrogen and oxygen atoms in total. The molecular formula is C12H24N2O2. The Labute approximate surface area is 97.8 Å². The van der Waals surface area contributed by atoms with Gasteiger partial charge < -0.3 is 15.7 Å². The van der Waals surface area contributed by atoms with Crippen molar-refractivity contribution in [1.82, 2.24) is 10.6 Å². The third kappa shape index (κ3) is 3.46. The zero-order valence-electron chi connectivity index (χ0n) is 10.5. The molecule has 1 aliphatic heterocycles. The first-order valence-corrected chi connectivity index (χ1v) is 6.15. The van der Waals surface area contributed by atoms with E-state index in [2.05, 4.69) is 24.5 Å². The molecular weight excluding hydrogens is 204 g/mol. The molecule has 0 aromatic carbocycles. The average Bonchev–Trinajstić information content (AvgIpc) is 2.64. The lowest BCUT2D eigenvalue weighted by Gasteiger charge is -2.27. The van der Waals surface area contributed by atoms with Crippen LogP contribution in [0.4, 0.5) is 0 Å². The SMILES string of the molecule is CC(C)CC(CO)NC(=O)C1(C)CCCN1. The second-order valence-electron chi connectivity index (χ2n) is 5.34. The van der Waals surface area contributed by atoms with Gasteiger partial charge in [0.25, 0.3) is 0 Å². The fourth-order valence-corrected chi connectivity index (χ4v) is 2.18. The largest absolute Gasteiger partial charge is 0.394 e. The van der Waals surface area contributed by atoms with Crippen molar-refractivity contribution in [3.8, 4) is 0 Å². The lowest BCUT2D eigenvalue weighted by atomic mass is 9.97. The summed E-state index contributed by atoms with van der Waals surface area (Å²) in [6.45, 7) is 7.02. The molecule has 0 spiro atoms. The van der Waals surface area contributed by atoms with Gasteiger partial charge in [0.2, 0.25) is 5.91 Å². The molecule has 1 amide bonds. The van der Waals surface area contributed by atoms with Gasteiger partial charge in [0.1, 0.15) is 0 Å². The number of aliphatic hydroxyl groups is 1. The Balaban J connectivity index is 2.48. The van der Waals surface area contributed by atoms with Crippen LogP contribution in [0, 0.1) is 5.92 Å². The predicted octanol–water partition coefficient (Wildman–Crippen LogP) is 0.652. The van der Waals surface area contributed by atoms with Crippen LogP contribution in [-0.2, 0) is 4.79 Å². The first-order chi connectivity index (χ1) is 7.48. The summed E-state index contributed by atoms with van der Waals surface area (Å²) in [6.07, 6.45) is 2.73. The summed E-state index contributed by atoms with van der Waals surface area (Å²) in [5.74, 6) is 0.492. The van der Waals surface area contributed by atoms with Crippen LogP contribution in [0.25, 0.3) is 0 Å². The molecule has 2 atom stereocenters. The van der Waals surface area contributed by atoms with Gasteiger partial charge in [-0.1, -0.05) is 13.8 Å². The minimum Gasteiger partial charge on any atom is -0.394 e. The van der Waals surface area contributed by atoms with E-state index in [0.29, 0.717) is 5.92 Å². The van der Waals surface area contributed by atoms with Crippen LogP contribution in [-0.4, -0.2) is 35.7 Å². The third-order valence-corrected chi connectivity index (χ3v) is 3.18. The molecule has 0 aromatic heterocycles. The number of amides is 1. The van der Waals surface area contributed by atoms with E-state index in [1.165, 1.54) is 0 Å². The Bertz CT molecular complexity index is 235. The maximum absolute atomic E-state index is 12.0. The van der Waals surface area contributed by atoms with Crippen LogP contribution in [0.5, 0.6) is 0 Å². The minimum atomic E-state index is -0.440. The molecule has 0 aliphatic carbocycles. The first kappa shape index (κ1) is 13.5. The Hall–Kier alpha value is -0.610. The molecule has 1 fully saturated rings. The van der Waals surface area contributed by atoms with E-state index in [-0.39, 0.29) is 18.6 Å². The lowest BCUT2D eigenvalue weighted by Crippen LogP contribution is -2.54. The van der Waals surface area contributed by atoms with Crippen LogP contribution >= 0.6 is 0 Å². The molecule has 1 rings (SSSR count).